The molecule has 17 fully saturated rings. The van der Waals surface area contributed by atoms with Gasteiger partial charge in [-0.05, 0) is 176 Å². The van der Waals surface area contributed by atoms with Crippen LogP contribution in [0.1, 0.15) is 137 Å². The number of carbonyl (C=O) groups is 2. The van der Waals surface area contributed by atoms with E-state index in [0.29, 0.717) is 99.9 Å². The van der Waals surface area contributed by atoms with E-state index >= 15 is 0 Å². The van der Waals surface area contributed by atoms with E-state index in [1.807, 2.05) is 4.90 Å². The van der Waals surface area contributed by atoms with Crippen molar-refractivity contribution in [2.45, 2.75) is 206 Å². The lowest BCUT2D eigenvalue weighted by Crippen LogP contribution is -2.58. The minimum absolute atomic E-state index is 0.126. The van der Waals surface area contributed by atoms with Crippen molar-refractivity contribution in [2.24, 2.45) is 70.1 Å². The molecular weight excluding hydrogens is 1640 g/mol. The van der Waals surface area contributed by atoms with Crippen LogP contribution in [0.2, 0.25) is 0 Å². The Morgan fingerprint density at radius 1 is 0.357 bits per heavy atom. The van der Waals surface area contributed by atoms with Crippen molar-refractivity contribution in [3.05, 3.63) is 177 Å². The second kappa shape index (κ2) is 37.7. The van der Waals surface area contributed by atoms with E-state index in [2.05, 4.69) is 65.0 Å². The maximum absolute atomic E-state index is 14.1. The standard InChI is InChI=1S/C20H25F2N3O2.C20H27F2N3O.C19H27F2N3O.C18H23F2N3O2.C17H23F2N3O/c21-13-3-4-16(22)15(5-13)19-17(23)6-14(10-27-19)24-7-12-8-25(18(12)9-24)20(26)11-1-2-11;21-14-3-4-17(22)16(5-14)20-18(23)6-15(11-26-20)24-8-13-9-25(19(13)10-24)7-12-1-2-12;1-11(2)24-8-12-7-23(9-18(12)24)14-6-17(22)19(25-10-14)15-5-13(20)3-4-16(15)21;1-10(24)23-7-11-6-22(8-17(11)23)13-5-16(21)18(25-9-13)14-4-12(19)2-3-15(14)20;1-21-6-10-7-22(8-16(10)21)12-5-15(20)17(23-9-12)13-4-11(18)2-3-14(13)19/h3-5,11-12,14,17-19H,1-2,6-10,23H2;3-5,12-13,15,18-20H,1-2,6-11,23H2;3-5,11-12,14,17-19H,6-10,22H2,1-2H3;2-4,11,13,16-18H,5-9,21H2,1H3;2-4,10,12,15-17H,5-9,20H2,1H3/t12?,14-,17+,18?,19-;13?,15-,18+,19?,20-;12?,14-,17+,18?,19-;11?,13-,16+,17?,18-;10?,12-,15+,16?,17-/m11111/s1. The molecule has 126 heavy (non-hydrogen) atoms. The first-order valence-electron chi connectivity index (χ1n) is 46.1. The summed E-state index contributed by atoms with van der Waals surface area (Å²) < 4.78 is 167. The zero-order chi connectivity index (χ0) is 88.1. The van der Waals surface area contributed by atoms with Crippen molar-refractivity contribution >= 4 is 11.8 Å². The zero-order valence-corrected chi connectivity index (χ0v) is 72.5. The second-order valence-electron chi connectivity index (χ2n) is 39.8. The van der Waals surface area contributed by atoms with Crippen LogP contribution in [-0.2, 0) is 33.3 Å². The first-order valence-corrected chi connectivity index (χ1v) is 46.1. The quantitative estimate of drug-likeness (QED) is 0.0653. The van der Waals surface area contributed by atoms with Crippen LogP contribution in [0.3, 0.4) is 0 Å². The van der Waals surface area contributed by atoms with Crippen molar-refractivity contribution in [3.63, 3.8) is 0 Å². The summed E-state index contributed by atoms with van der Waals surface area (Å²) in [6.07, 6.45) is 5.56. The van der Waals surface area contributed by atoms with Crippen molar-refractivity contribution in [1.82, 2.24) is 49.0 Å². The maximum Gasteiger partial charge on any atom is 0.225 e. The van der Waals surface area contributed by atoms with Gasteiger partial charge in [-0.3, -0.25) is 43.9 Å². The van der Waals surface area contributed by atoms with E-state index < -0.39 is 94.7 Å². The molecule has 10 unspecified atom stereocenters. The number of rotatable bonds is 14. The first kappa shape index (κ1) is 90.2. The Hall–Kier alpha value is -6.38. The van der Waals surface area contributed by atoms with Crippen LogP contribution >= 0.6 is 0 Å². The number of nitrogens with zero attached hydrogens (tertiary/aromatic N) is 10. The average molecular weight is 1770 g/mol. The van der Waals surface area contributed by atoms with E-state index in [9.17, 15) is 53.5 Å². The lowest BCUT2D eigenvalue weighted by Gasteiger charge is -2.46. The van der Waals surface area contributed by atoms with Gasteiger partial charge in [0.25, 0.3) is 0 Å². The number of nitrogens with two attached hydrogens (primary N) is 5. The first-order chi connectivity index (χ1) is 60.5. The van der Waals surface area contributed by atoms with Gasteiger partial charge >= 0.3 is 0 Å². The molecule has 5 aromatic carbocycles. The summed E-state index contributed by atoms with van der Waals surface area (Å²) >= 11 is 0. The Morgan fingerprint density at radius 2 is 0.651 bits per heavy atom. The molecule has 0 aromatic heterocycles. The van der Waals surface area contributed by atoms with E-state index in [-0.39, 0.29) is 94.0 Å². The second-order valence-corrected chi connectivity index (χ2v) is 39.8. The molecule has 2 aliphatic carbocycles. The monoisotopic (exact) mass is 1770 g/mol. The summed E-state index contributed by atoms with van der Waals surface area (Å²) in [6, 6.07) is 19.8. The summed E-state index contributed by atoms with van der Waals surface area (Å²) in [6.45, 7) is 25.2. The van der Waals surface area contributed by atoms with Crippen LogP contribution in [0.15, 0.2) is 91.0 Å². The number of fused-ring (bicyclic) bond motifs is 5. The molecule has 15 heterocycles. The third-order valence-corrected chi connectivity index (χ3v) is 31.1. The number of hydrogen-bond donors (Lipinski definition) is 5. The fourth-order valence-electron chi connectivity index (χ4n) is 23.6. The molecule has 688 valence electrons. The van der Waals surface area contributed by atoms with Crippen LogP contribution in [0.25, 0.3) is 0 Å². The fourth-order valence-corrected chi connectivity index (χ4v) is 23.6. The smallest absolute Gasteiger partial charge is 0.225 e. The van der Waals surface area contributed by atoms with Crippen LogP contribution in [-0.4, -0.2) is 302 Å². The molecule has 17 aliphatic rings. The molecule has 32 heteroatoms. The highest BCUT2D eigenvalue weighted by Crippen LogP contribution is 2.47. The number of carbonyl (C=O) groups excluding carboxylic acids is 2. The number of ether oxygens (including phenoxy) is 5. The van der Waals surface area contributed by atoms with Crippen molar-refractivity contribution in [1.29, 1.82) is 0 Å². The Balaban J connectivity index is 0.000000107. The van der Waals surface area contributed by atoms with E-state index in [0.717, 1.165) is 202 Å². The number of halogens is 10. The summed E-state index contributed by atoms with van der Waals surface area (Å²) in [4.78, 5) is 47.6. The molecule has 25 atom stereocenters. The minimum atomic E-state index is -0.625. The van der Waals surface area contributed by atoms with Gasteiger partial charge in [0.15, 0.2) is 0 Å². The molecular formula is C94H125F10N15O7. The lowest BCUT2D eigenvalue weighted by molar-refractivity contribution is -0.142. The third kappa shape index (κ3) is 19.1. The van der Waals surface area contributed by atoms with E-state index in [4.69, 9.17) is 52.4 Å². The van der Waals surface area contributed by atoms with Crippen LogP contribution < -0.4 is 28.7 Å². The molecule has 10 N–H and O–H groups in total. The normalized spacial score (nSPS) is 36.9. The predicted octanol–water partition coefficient (Wildman–Crippen LogP) is 8.62. The molecule has 2 amide bonds. The van der Waals surface area contributed by atoms with Gasteiger partial charge in [0, 0.05) is 260 Å². The topological polar surface area (TPSA) is 243 Å². The molecule has 15 aliphatic heterocycles. The van der Waals surface area contributed by atoms with Crippen LogP contribution in [0, 0.1) is 99.6 Å². The molecule has 0 radical (unpaired) electrons. The van der Waals surface area contributed by atoms with Gasteiger partial charge in [0.05, 0.1) is 45.1 Å². The van der Waals surface area contributed by atoms with Gasteiger partial charge in [-0.1, -0.05) is 0 Å². The molecule has 2 saturated carbocycles. The third-order valence-electron chi connectivity index (χ3n) is 31.1. The van der Waals surface area contributed by atoms with Crippen molar-refractivity contribution in [2.75, 3.05) is 145 Å². The van der Waals surface area contributed by atoms with E-state index in [1.54, 1.807) is 6.92 Å². The molecule has 0 spiro atoms. The number of amides is 2. The van der Waals surface area contributed by atoms with Crippen LogP contribution in [0.4, 0.5) is 43.9 Å². The molecule has 22 rings (SSSR count). The zero-order valence-electron chi connectivity index (χ0n) is 72.5. The SMILES string of the molecule is CC(=O)N1CC2CN([C@H]3CO[C@H](c4cc(F)ccc4F)[C@@H](N)C3)CC21.CC(C)N1CC2CN([C@H]3CO[C@H](c4cc(F)ccc4F)[C@@H](N)C3)CC21.CN1CC2CN([C@H]3CO[C@H](c4cc(F)ccc4F)[C@@H](N)C3)CC21.N[C@H]1C[C@@H](N2CC3CN(C(=O)C4CC4)C3C2)CO[C@@H]1c1cc(F)ccc1F.N[C@H]1C[C@@H](N2CC3CN(CC4CC4)C3C2)CO[C@@H]1c1cc(F)ccc1F. The summed E-state index contributed by atoms with van der Waals surface area (Å²) in [5.74, 6) is 0.360. The lowest BCUT2D eigenvalue weighted by atomic mass is 9.90. The Labute approximate surface area is 732 Å². The molecule has 15 saturated heterocycles. The predicted molar refractivity (Wildman–Crippen MR) is 452 cm³/mol. The number of hydrogen-bond acceptors (Lipinski definition) is 20. The Bertz CT molecular complexity index is 4690. The van der Waals surface area contributed by atoms with Crippen LogP contribution in [0.5, 0.6) is 0 Å². The highest BCUT2D eigenvalue weighted by Gasteiger charge is 2.56. The number of likely N-dealkylation sites (tertiary alicyclic amines) is 10. The van der Waals surface area contributed by atoms with Gasteiger partial charge in [0.1, 0.15) is 88.7 Å². The number of likely N-dealkylation sites (N-methyl/N-ethyl adjacent to an activating group) is 1. The van der Waals surface area contributed by atoms with Crippen molar-refractivity contribution < 1.29 is 77.2 Å². The van der Waals surface area contributed by atoms with Crippen molar-refractivity contribution in [3.8, 4) is 0 Å². The van der Waals surface area contributed by atoms with Gasteiger partial charge in [-0.2, -0.15) is 0 Å². The van der Waals surface area contributed by atoms with Gasteiger partial charge in [-0.15, -0.1) is 0 Å². The van der Waals surface area contributed by atoms with E-state index in [1.165, 1.54) is 62.8 Å². The maximum atomic E-state index is 14.1. The Morgan fingerprint density at radius 3 is 0.952 bits per heavy atom. The van der Waals surface area contributed by atoms with Gasteiger partial charge in [0.2, 0.25) is 11.8 Å². The molecule has 22 nitrogen and oxygen atoms in total. The minimum Gasteiger partial charge on any atom is -0.370 e. The summed E-state index contributed by atoms with van der Waals surface area (Å²) in [5.41, 5.74) is 32.5. The number of benzene rings is 5. The summed E-state index contributed by atoms with van der Waals surface area (Å²) in [7, 11) is 2.16. The largest absolute Gasteiger partial charge is 0.370 e. The average Bonchev–Trinajstić information content (AvgIpc) is 1.57. The Kier molecular flexibility index (Phi) is 27.0. The van der Waals surface area contributed by atoms with Gasteiger partial charge in [-0.25, -0.2) is 43.9 Å². The highest BCUT2D eigenvalue weighted by atomic mass is 19.2. The fraction of sp³-hybridized carbons (Fsp3) is 0.660. The molecule has 5 aromatic rings. The van der Waals surface area contributed by atoms with Gasteiger partial charge < -0.3 is 67.1 Å². The summed E-state index contributed by atoms with van der Waals surface area (Å²) in [5, 5.41) is 0. The molecule has 0 bridgehead atoms. The highest BCUT2D eigenvalue weighted by molar-refractivity contribution is 5.82.